The van der Waals surface area contributed by atoms with Crippen LogP contribution in [0.4, 0.5) is 4.39 Å². The zero-order valence-electron chi connectivity index (χ0n) is 18.0. The van der Waals surface area contributed by atoms with Crippen LogP contribution < -0.4 is 9.47 Å². The highest BCUT2D eigenvalue weighted by Crippen LogP contribution is 2.37. The van der Waals surface area contributed by atoms with Crippen LogP contribution in [0.3, 0.4) is 0 Å². The van der Waals surface area contributed by atoms with E-state index in [4.69, 9.17) is 32.7 Å². The Labute approximate surface area is 196 Å². The van der Waals surface area contributed by atoms with Crippen molar-refractivity contribution < 1.29 is 23.5 Å². The first-order valence-electron chi connectivity index (χ1n) is 10.5. The summed E-state index contributed by atoms with van der Waals surface area (Å²) in [6.07, 6.45) is 0.810. The molecule has 0 N–H and O–H groups in total. The molecule has 3 rings (SSSR count). The molecule has 0 bridgehead atoms. The number of halogens is 3. The summed E-state index contributed by atoms with van der Waals surface area (Å²) in [5, 5.41) is 0.593. The number of hydrogen-bond donors (Lipinski definition) is 0. The lowest BCUT2D eigenvalue weighted by molar-refractivity contribution is 0.0532. The largest absolute Gasteiger partial charge is 0.490 e. The van der Waals surface area contributed by atoms with Crippen LogP contribution in [0, 0.1) is 5.82 Å². The first-order chi connectivity index (χ1) is 15.3. The van der Waals surface area contributed by atoms with E-state index in [-0.39, 0.29) is 29.6 Å². The first-order valence-corrected chi connectivity index (χ1v) is 11.2. The van der Waals surface area contributed by atoms with Gasteiger partial charge >= 0.3 is 0 Å². The van der Waals surface area contributed by atoms with E-state index in [1.807, 2.05) is 13.8 Å². The van der Waals surface area contributed by atoms with Crippen molar-refractivity contribution in [1.29, 1.82) is 0 Å². The number of ether oxygens (including phenoxy) is 2. The molecule has 0 unspecified atom stereocenters. The molecule has 0 aliphatic carbocycles. The Morgan fingerprint density at radius 2 is 1.62 bits per heavy atom. The van der Waals surface area contributed by atoms with Gasteiger partial charge in [-0.2, -0.15) is 0 Å². The normalized spacial score (nSPS) is 13.8. The fraction of sp³-hybridized carbons (Fsp3) is 0.391. The third kappa shape index (κ3) is 5.45. The zero-order valence-corrected chi connectivity index (χ0v) is 19.5. The van der Waals surface area contributed by atoms with E-state index in [0.717, 1.165) is 6.42 Å². The summed E-state index contributed by atoms with van der Waals surface area (Å²) in [6.45, 7) is 5.88. The average molecular weight is 483 g/mol. The van der Waals surface area contributed by atoms with Gasteiger partial charge in [-0.15, -0.1) is 0 Å². The molecule has 172 valence electrons. The average Bonchev–Trinajstić information content (AvgIpc) is 2.79. The summed E-state index contributed by atoms with van der Waals surface area (Å²) in [4.78, 5) is 28.9. The van der Waals surface area contributed by atoms with E-state index in [9.17, 15) is 14.0 Å². The number of rotatable bonds is 7. The van der Waals surface area contributed by atoms with Gasteiger partial charge in [0.05, 0.1) is 23.8 Å². The second kappa shape index (κ2) is 10.9. The van der Waals surface area contributed by atoms with Gasteiger partial charge in [-0.1, -0.05) is 30.1 Å². The fourth-order valence-corrected chi connectivity index (χ4v) is 3.86. The smallest absolute Gasteiger partial charge is 0.257 e. The standard InChI is InChI=1S/C23H25Cl2FN2O4/c1-3-11-32-21-18(25)12-15(13-20(21)31-4-2)22(29)27-7-9-28(10-8-27)23(30)17-14-16(24)5-6-19(17)26/h5-6,12-14H,3-4,7-11H2,1-2H3. The number of hydrogen-bond acceptors (Lipinski definition) is 4. The van der Waals surface area contributed by atoms with E-state index in [2.05, 4.69) is 0 Å². The van der Waals surface area contributed by atoms with Gasteiger partial charge in [0.15, 0.2) is 11.5 Å². The molecule has 1 saturated heterocycles. The van der Waals surface area contributed by atoms with Crippen LogP contribution in [0.5, 0.6) is 11.5 Å². The van der Waals surface area contributed by atoms with Gasteiger partial charge in [0.25, 0.3) is 11.8 Å². The highest BCUT2D eigenvalue weighted by atomic mass is 35.5. The van der Waals surface area contributed by atoms with Crippen LogP contribution in [0.1, 0.15) is 41.0 Å². The number of nitrogens with zero attached hydrogens (tertiary/aromatic N) is 2. The summed E-state index contributed by atoms with van der Waals surface area (Å²) in [6, 6.07) is 7.07. The molecular weight excluding hydrogens is 458 g/mol. The maximum Gasteiger partial charge on any atom is 0.257 e. The fourth-order valence-electron chi connectivity index (χ4n) is 3.43. The van der Waals surface area contributed by atoms with Crippen LogP contribution in [0.2, 0.25) is 10.0 Å². The molecule has 0 saturated carbocycles. The van der Waals surface area contributed by atoms with Crippen LogP contribution in [0.15, 0.2) is 30.3 Å². The maximum atomic E-state index is 14.0. The molecule has 1 aliphatic rings. The van der Waals surface area contributed by atoms with E-state index in [1.54, 1.807) is 17.0 Å². The van der Waals surface area contributed by atoms with Crippen molar-refractivity contribution in [3.63, 3.8) is 0 Å². The van der Waals surface area contributed by atoms with Crippen LogP contribution in [-0.2, 0) is 0 Å². The maximum absolute atomic E-state index is 14.0. The summed E-state index contributed by atoms with van der Waals surface area (Å²) < 4.78 is 25.4. The second-order valence-corrected chi connectivity index (χ2v) is 8.12. The molecule has 2 amide bonds. The third-order valence-corrected chi connectivity index (χ3v) is 5.54. The summed E-state index contributed by atoms with van der Waals surface area (Å²) >= 11 is 12.3. The molecule has 0 aromatic heterocycles. The molecule has 0 atom stereocenters. The van der Waals surface area contributed by atoms with Gasteiger partial charge < -0.3 is 19.3 Å². The van der Waals surface area contributed by atoms with Crippen molar-refractivity contribution in [2.45, 2.75) is 20.3 Å². The Bertz CT molecular complexity index is 994. The van der Waals surface area contributed by atoms with Gasteiger partial charge in [-0.25, -0.2) is 4.39 Å². The Morgan fingerprint density at radius 3 is 2.25 bits per heavy atom. The van der Waals surface area contributed by atoms with E-state index >= 15 is 0 Å². The molecule has 9 heteroatoms. The predicted molar refractivity (Wildman–Crippen MR) is 122 cm³/mol. The van der Waals surface area contributed by atoms with Gasteiger partial charge in [0, 0.05) is 36.8 Å². The monoisotopic (exact) mass is 482 g/mol. The van der Waals surface area contributed by atoms with Crippen molar-refractivity contribution in [2.75, 3.05) is 39.4 Å². The van der Waals surface area contributed by atoms with Gasteiger partial charge in [-0.3, -0.25) is 9.59 Å². The minimum atomic E-state index is -0.624. The summed E-state index contributed by atoms with van der Waals surface area (Å²) in [5.74, 6) is -0.457. The van der Waals surface area contributed by atoms with Crippen molar-refractivity contribution in [3.05, 3.63) is 57.3 Å². The SMILES string of the molecule is CCCOc1c(Cl)cc(C(=O)N2CCN(C(=O)c3cc(Cl)ccc3F)CC2)cc1OCC. The minimum Gasteiger partial charge on any atom is -0.490 e. The molecule has 0 spiro atoms. The lowest BCUT2D eigenvalue weighted by Crippen LogP contribution is -2.50. The highest BCUT2D eigenvalue weighted by Gasteiger charge is 2.28. The lowest BCUT2D eigenvalue weighted by atomic mass is 10.1. The Hall–Kier alpha value is -2.51. The Balaban J connectivity index is 1.71. The van der Waals surface area contributed by atoms with Crippen LogP contribution in [0.25, 0.3) is 0 Å². The molecule has 2 aromatic rings. The molecule has 1 fully saturated rings. The predicted octanol–water partition coefficient (Wildman–Crippen LogP) is 4.92. The molecular formula is C23H25Cl2FN2O4. The first kappa shape index (κ1) is 24.1. The van der Waals surface area contributed by atoms with Gasteiger partial charge in [-0.05, 0) is 43.7 Å². The quantitative estimate of drug-likeness (QED) is 0.561. The molecule has 1 heterocycles. The number of benzene rings is 2. The van der Waals surface area contributed by atoms with Crippen LogP contribution in [-0.4, -0.2) is 61.0 Å². The lowest BCUT2D eigenvalue weighted by Gasteiger charge is -2.35. The molecule has 1 aliphatic heterocycles. The van der Waals surface area contributed by atoms with Crippen LogP contribution >= 0.6 is 23.2 Å². The van der Waals surface area contributed by atoms with Gasteiger partial charge in [0.2, 0.25) is 0 Å². The highest BCUT2D eigenvalue weighted by molar-refractivity contribution is 6.32. The van der Waals surface area contributed by atoms with Crippen molar-refractivity contribution in [1.82, 2.24) is 9.80 Å². The van der Waals surface area contributed by atoms with Crippen molar-refractivity contribution in [2.24, 2.45) is 0 Å². The van der Waals surface area contributed by atoms with Gasteiger partial charge in [0.1, 0.15) is 5.82 Å². The second-order valence-electron chi connectivity index (χ2n) is 7.28. The third-order valence-electron chi connectivity index (χ3n) is 5.02. The van der Waals surface area contributed by atoms with Crippen molar-refractivity contribution in [3.8, 4) is 11.5 Å². The molecule has 6 nitrogen and oxygen atoms in total. The Kier molecular flexibility index (Phi) is 8.21. The summed E-state index contributed by atoms with van der Waals surface area (Å²) in [7, 11) is 0. The Morgan fingerprint density at radius 1 is 0.969 bits per heavy atom. The van der Waals surface area contributed by atoms with E-state index in [1.165, 1.54) is 23.1 Å². The number of piperazine rings is 1. The van der Waals surface area contributed by atoms with Crippen molar-refractivity contribution >= 4 is 35.0 Å². The zero-order chi connectivity index (χ0) is 23.3. The summed E-state index contributed by atoms with van der Waals surface area (Å²) in [5.41, 5.74) is 0.302. The number of carbonyl (C=O) groups excluding carboxylic acids is 2. The molecule has 32 heavy (non-hydrogen) atoms. The minimum absolute atomic E-state index is 0.0758. The van der Waals surface area contributed by atoms with E-state index < -0.39 is 11.7 Å². The topological polar surface area (TPSA) is 59.1 Å². The number of amides is 2. The molecule has 2 aromatic carbocycles. The number of carbonyl (C=O) groups is 2. The molecule has 0 radical (unpaired) electrons. The van der Waals surface area contributed by atoms with E-state index in [0.29, 0.717) is 48.4 Å².